The maximum atomic E-state index is 12.1. The fourth-order valence-corrected chi connectivity index (χ4v) is 2.13. The third-order valence-electron chi connectivity index (χ3n) is 3.46. The van der Waals surface area contributed by atoms with E-state index in [0.29, 0.717) is 12.1 Å². The van der Waals surface area contributed by atoms with Crippen molar-refractivity contribution in [1.82, 2.24) is 0 Å². The Bertz CT molecular complexity index is 630. The van der Waals surface area contributed by atoms with E-state index in [1.807, 2.05) is 57.2 Å². The fourth-order valence-electron chi connectivity index (χ4n) is 2.13. The minimum atomic E-state index is -0.0225. The first-order chi connectivity index (χ1) is 9.47. The van der Waals surface area contributed by atoms with Gasteiger partial charge in [0.25, 0.3) is 0 Å². The highest BCUT2D eigenvalue weighted by atomic mass is 16.1. The fraction of sp³-hybridized carbons (Fsp3) is 0.235. The van der Waals surface area contributed by atoms with E-state index in [0.717, 1.165) is 22.4 Å². The van der Waals surface area contributed by atoms with Crippen LogP contribution in [0.2, 0.25) is 0 Å². The predicted molar refractivity (Wildman–Crippen MR) is 83.8 cm³/mol. The van der Waals surface area contributed by atoms with Crippen LogP contribution in [0.4, 0.5) is 11.4 Å². The lowest BCUT2D eigenvalue weighted by Crippen LogP contribution is -2.16. The summed E-state index contributed by atoms with van der Waals surface area (Å²) < 4.78 is 0. The summed E-state index contributed by atoms with van der Waals surface area (Å²) in [5, 5.41) is 2.96. The summed E-state index contributed by atoms with van der Waals surface area (Å²) in [6.07, 6.45) is 0.369. The van der Waals surface area contributed by atoms with E-state index < -0.39 is 0 Å². The molecular formula is C17H20N2O. The van der Waals surface area contributed by atoms with Crippen molar-refractivity contribution in [3.8, 4) is 0 Å². The molecule has 2 aromatic carbocycles. The van der Waals surface area contributed by atoms with E-state index in [1.54, 1.807) is 0 Å². The first-order valence-corrected chi connectivity index (χ1v) is 6.68. The van der Waals surface area contributed by atoms with Gasteiger partial charge in [0.2, 0.25) is 5.91 Å². The third-order valence-corrected chi connectivity index (χ3v) is 3.46. The number of anilines is 2. The number of amides is 1. The van der Waals surface area contributed by atoms with Crippen LogP contribution in [0.3, 0.4) is 0 Å². The molecule has 3 heteroatoms. The highest BCUT2D eigenvalue weighted by Crippen LogP contribution is 2.25. The molecule has 0 unspecified atom stereocenters. The molecule has 0 atom stereocenters. The van der Waals surface area contributed by atoms with Gasteiger partial charge in [-0.2, -0.15) is 0 Å². The van der Waals surface area contributed by atoms with E-state index in [-0.39, 0.29) is 5.91 Å². The van der Waals surface area contributed by atoms with Crippen LogP contribution >= 0.6 is 0 Å². The van der Waals surface area contributed by atoms with E-state index in [4.69, 9.17) is 5.73 Å². The Morgan fingerprint density at radius 2 is 1.70 bits per heavy atom. The molecule has 0 spiro atoms. The average Bonchev–Trinajstić information content (AvgIpc) is 2.42. The molecule has 0 aromatic heterocycles. The zero-order valence-corrected chi connectivity index (χ0v) is 12.2. The lowest BCUT2D eigenvalue weighted by atomic mass is 10.1. The van der Waals surface area contributed by atoms with Gasteiger partial charge >= 0.3 is 0 Å². The zero-order chi connectivity index (χ0) is 14.7. The van der Waals surface area contributed by atoms with Gasteiger partial charge in [0.15, 0.2) is 0 Å². The molecular weight excluding hydrogens is 248 g/mol. The molecule has 2 rings (SSSR count). The Hall–Kier alpha value is -2.29. The molecule has 104 valence electrons. The number of aryl methyl sites for hydroxylation is 2. The minimum absolute atomic E-state index is 0.0225. The van der Waals surface area contributed by atoms with Gasteiger partial charge in [-0.25, -0.2) is 0 Å². The summed E-state index contributed by atoms with van der Waals surface area (Å²) in [4.78, 5) is 12.1. The lowest BCUT2D eigenvalue weighted by Gasteiger charge is -2.13. The van der Waals surface area contributed by atoms with Crippen molar-refractivity contribution in [2.75, 3.05) is 11.1 Å². The van der Waals surface area contributed by atoms with Crippen LogP contribution in [-0.4, -0.2) is 5.91 Å². The van der Waals surface area contributed by atoms with Crippen LogP contribution in [0.5, 0.6) is 0 Å². The number of nitrogens with two attached hydrogens (primary N) is 1. The Balaban J connectivity index is 2.12. The summed E-state index contributed by atoms with van der Waals surface area (Å²) >= 11 is 0. The predicted octanol–water partition coefficient (Wildman–Crippen LogP) is 3.38. The molecule has 0 radical (unpaired) electrons. The molecule has 3 nitrogen and oxygen atoms in total. The number of nitrogens with one attached hydrogen (secondary N) is 1. The van der Waals surface area contributed by atoms with Crippen LogP contribution in [0.15, 0.2) is 36.4 Å². The monoisotopic (exact) mass is 268 g/mol. The second-order valence-electron chi connectivity index (χ2n) is 5.18. The summed E-state index contributed by atoms with van der Waals surface area (Å²) in [6, 6.07) is 11.8. The first-order valence-electron chi connectivity index (χ1n) is 6.68. The quantitative estimate of drug-likeness (QED) is 0.838. The highest BCUT2D eigenvalue weighted by molar-refractivity contribution is 5.94. The van der Waals surface area contributed by atoms with Gasteiger partial charge in [-0.3, -0.25) is 4.79 Å². The van der Waals surface area contributed by atoms with Crippen molar-refractivity contribution in [2.45, 2.75) is 27.2 Å². The van der Waals surface area contributed by atoms with Crippen molar-refractivity contribution in [3.63, 3.8) is 0 Å². The largest absolute Gasteiger partial charge is 0.398 e. The number of nitrogen functional groups attached to an aromatic ring is 1. The molecule has 1 amide bonds. The second kappa shape index (κ2) is 5.78. The average molecular weight is 268 g/mol. The second-order valence-corrected chi connectivity index (χ2v) is 5.18. The molecule has 0 heterocycles. The summed E-state index contributed by atoms with van der Waals surface area (Å²) in [5.74, 6) is -0.0225. The van der Waals surface area contributed by atoms with Crippen molar-refractivity contribution in [2.24, 2.45) is 0 Å². The van der Waals surface area contributed by atoms with Crippen molar-refractivity contribution in [1.29, 1.82) is 0 Å². The number of benzene rings is 2. The zero-order valence-electron chi connectivity index (χ0n) is 12.2. The summed E-state index contributed by atoms with van der Waals surface area (Å²) in [6.45, 7) is 5.92. The Morgan fingerprint density at radius 3 is 2.35 bits per heavy atom. The van der Waals surface area contributed by atoms with E-state index >= 15 is 0 Å². The van der Waals surface area contributed by atoms with Crippen LogP contribution in [0.1, 0.15) is 22.3 Å². The van der Waals surface area contributed by atoms with E-state index in [2.05, 4.69) is 5.32 Å². The molecule has 0 aliphatic rings. The number of carbonyl (C=O) groups is 1. The molecule has 2 aromatic rings. The van der Waals surface area contributed by atoms with Crippen molar-refractivity contribution < 1.29 is 4.79 Å². The van der Waals surface area contributed by atoms with Crippen LogP contribution < -0.4 is 11.1 Å². The number of hydrogen-bond donors (Lipinski definition) is 2. The first kappa shape index (κ1) is 14.1. The van der Waals surface area contributed by atoms with Gasteiger partial charge < -0.3 is 11.1 Å². The standard InChI is InChI=1S/C17H20N2O/c1-11-4-7-14(8-5-11)10-16(20)19-17-12(2)6-9-15(18)13(17)3/h4-9H,10,18H2,1-3H3,(H,19,20). The smallest absolute Gasteiger partial charge is 0.228 e. The molecule has 0 saturated carbocycles. The topological polar surface area (TPSA) is 55.1 Å². The third kappa shape index (κ3) is 3.18. The van der Waals surface area contributed by atoms with Crippen molar-refractivity contribution in [3.05, 3.63) is 58.7 Å². The molecule has 0 aliphatic carbocycles. The lowest BCUT2D eigenvalue weighted by molar-refractivity contribution is -0.115. The van der Waals surface area contributed by atoms with Gasteiger partial charge in [-0.05, 0) is 43.5 Å². The molecule has 0 fully saturated rings. The summed E-state index contributed by atoms with van der Waals surface area (Å²) in [7, 11) is 0. The van der Waals surface area contributed by atoms with Gasteiger partial charge in [-0.15, -0.1) is 0 Å². The Morgan fingerprint density at radius 1 is 1.05 bits per heavy atom. The maximum absolute atomic E-state index is 12.1. The minimum Gasteiger partial charge on any atom is -0.398 e. The van der Waals surface area contributed by atoms with Gasteiger partial charge in [-0.1, -0.05) is 35.9 Å². The van der Waals surface area contributed by atoms with Crippen LogP contribution in [0.25, 0.3) is 0 Å². The molecule has 3 N–H and O–H groups in total. The number of carbonyl (C=O) groups excluding carboxylic acids is 1. The molecule has 0 bridgehead atoms. The molecule has 0 aliphatic heterocycles. The van der Waals surface area contributed by atoms with Crippen LogP contribution in [-0.2, 0) is 11.2 Å². The van der Waals surface area contributed by atoms with E-state index in [1.165, 1.54) is 5.56 Å². The normalized spacial score (nSPS) is 10.3. The van der Waals surface area contributed by atoms with E-state index in [9.17, 15) is 4.79 Å². The Kier molecular flexibility index (Phi) is 4.08. The van der Waals surface area contributed by atoms with Gasteiger partial charge in [0, 0.05) is 11.4 Å². The summed E-state index contributed by atoms with van der Waals surface area (Å²) in [5.41, 5.74) is 11.5. The molecule has 0 saturated heterocycles. The maximum Gasteiger partial charge on any atom is 0.228 e. The highest BCUT2D eigenvalue weighted by Gasteiger charge is 2.10. The number of rotatable bonds is 3. The van der Waals surface area contributed by atoms with Gasteiger partial charge in [0.05, 0.1) is 6.42 Å². The SMILES string of the molecule is Cc1ccc(CC(=O)Nc2c(C)ccc(N)c2C)cc1. The van der Waals surface area contributed by atoms with Crippen LogP contribution in [0, 0.1) is 20.8 Å². The molecule has 20 heavy (non-hydrogen) atoms. The van der Waals surface area contributed by atoms with Gasteiger partial charge in [0.1, 0.15) is 0 Å². The Labute approximate surface area is 119 Å². The van der Waals surface area contributed by atoms with Crippen molar-refractivity contribution >= 4 is 17.3 Å². The number of hydrogen-bond acceptors (Lipinski definition) is 2.